The van der Waals surface area contributed by atoms with Crippen molar-refractivity contribution in [2.24, 2.45) is 23.5 Å². The van der Waals surface area contributed by atoms with Gasteiger partial charge in [0.05, 0.1) is 11.7 Å². The molecule has 6 atom stereocenters. The fourth-order valence-electron chi connectivity index (χ4n) is 6.93. The summed E-state index contributed by atoms with van der Waals surface area (Å²) in [5, 5.41) is 48.4. The van der Waals surface area contributed by atoms with Gasteiger partial charge in [0, 0.05) is 55.8 Å². The highest BCUT2D eigenvalue weighted by Gasteiger charge is 2.67. The smallest absolute Gasteiger partial charge is 0.230 e. The van der Waals surface area contributed by atoms with Gasteiger partial charge in [-0.15, -0.1) is 6.58 Å². The number of phenolic OH excluding ortho intramolecular Hbond substituents is 1. The number of aliphatic hydroxyl groups is 3. The van der Waals surface area contributed by atoms with Gasteiger partial charge in [0.15, 0.2) is 11.4 Å². The lowest BCUT2D eigenvalue weighted by atomic mass is 9.54. The lowest BCUT2D eigenvalue weighted by molar-refractivity contribution is -0.184. The topological polar surface area (TPSA) is 194 Å². The molecule has 0 spiro atoms. The summed E-state index contributed by atoms with van der Waals surface area (Å²) in [7, 11) is 6.78. The van der Waals surface area contributed by atoms with Gasteiger partial charge in [-0.2, -0.15) is 0 Å². The van der Waals surface area contributed by atoms with Crippen LogP contribution in [-0.4, -0.2) is 94.6 Å². The number of aliphatic hydroxyl groups excluding tert-OH is 2. The Morgan fingerprint density at radius 3 is 2.45 bits per heavy atom. The molecule has 228 valence electrons. The van der Waals surface area contributed by atoms with Gasteiger partial charge in [0.2, 0.25) is 17.6 Å². The standard InChI is InChI=1S/C30H40N4O8/c1-6-7-8-9-19(35)32-13-15-12-18(33(2)3)16-10-14-11-17-23(34(4)5)26(38)22(29(31)41)28(40)30(17,42)27(39)20(14)25(37)21(16)24(15)36/h6,12,14,17,22-23,26,36-38,42H,1,7-11,13H2,2-5H3,(H2,31,41)(H,32,35)/t14-,17-,22?,23-,26?,30-/m1/s1. The molecule has 12 nitrogen and oxygen atoms in total. The maximum absolute atomic E-state index is 14.0. The minimum absolute atomic E-state index is 0.0161. The molecule has 12 heteroatoms. The molecule has 0 heterocycles. The third-order valence-electron chi connectivity index (χ3n) is 8.91. The highest BCUT2D eigenvalue weighted by molar-refractivity contribution is 6.25. The molecule has 1 aromatic rings. The fourth-order valence-corrected chi connectivity index (χ4v) is 6.93. The monoisotopic (exact) mass is 584 g/mol. The largest absolute Gasteiger partial charge is 0.507 e. The molecule has 1 aromatic carbocycles. The lowest BCUT2D eigenvalue weighted by Gasteiger charge is -2.53. The Balaban J connectivity index is 1.82. The molecule has 2 saturated carbocycles. The van der Waals surface area contributed by atoms with Crippen LogP contribution in [0.1, 0.15) is 42.4 Å². The first-order valence-corrected chi connectivity index (χ1v) is 14.0. The van der Waals surface area contributed by atoms with Crippen molar-refractivity contribution in [1.29, 1.82) is 0 Å². The number of anilines is 1. The molecular formula is C30H40N4O8. The van der Waals surface area contributed by atoms with Gasteiger partial charge < -0.3 is 41.3 Å². The van der Waals surface area contributed by atoms with Crippen LogP contribution in [0.3, 0.4) is 0 Å². The van der Waals surface area contributed by atoms with E-state index in [-0.39, 0.29) is 48.6 Å². The third kappa shape index (κ3) is 4.87. The zero-order valence-electron chi connectivity index (χ0n) is 24.4. The maximum atomic E-state index is 14.0. The van der Waals surface area contributed by atoms with Gasteiger partial charge >= 0.3 is 0 Å². The van der Waals surface area contributed by atoms with Gasteiger partial charge in [0.25, 0.3) is 0 Å². The second-order valence-corrected chi connectivity index (χ2v) is 11.9. The Morgan fingerprint density at radius 1 is 1.21 bits per heavy atom. The van der Waals surface area contributed by atoms with E-state index in [0.717, 1.165) is 0 Å². The number of nitrogens with two attached hydrogens (primary N) is 1. The van der Waals surface area contributed by atoms with E-state index in [9.17, 15) is 39.6 Å². The molecular weight excluding hydrogens is 544 g/mol. The highest BCUT2D eigenvalue weighted by atomic mass is 16.3. The molecule has 2 fully saturated rings. The second-order valence-electron chi connectivity index (χ2n) is 11.9. The predicted octanol–water partition coefficient (Wildman–Crippen LogP) is 0.168. The molecule has 3 aliphatic rings. The fraction of sp³-hybridized carbons (Fsp3) is 0.533. The lowest BCUT2D eigenvalue weighted by Crippen LogP contribution is -2.73. The summed E-state index contributed by atoms with van der Waals surface area (Å²) < 4.78 is 0. The zero-order chi connectivity index (χ0) is 31.3. The zero-order valence-corrected chi connectivity index (χ0v) is 24.4. The molecule has 7 N–H and O–H groups in total. The van der Waals surface area contributed by atoms with Crippen LogP contribution >= 0.6 is 0 Å². The number of rotatable bonds is 9. The van der Waals surface area contributed by atoms with Crippen LogP contribution in [0.2, 0.25) is 0 Å². The Bertz CT molecular complexity index is 1370. The Kier molecular flexibility index (Phi) is 8.55. The summed E-state index contributed by atoms with van der Waals surface area (Å²) in [5.41, 5.74) is 3.98. The molecule has 2 amide bonds. The molecule has 2 unspecified atom stereocenters. The number of allylic oxidation sites excluding steroid dienone is 1. The Labute approximate surface area is 244 Å². The van der Waals surface area contributed by atoms with Crippen LogP contribution in [0.5, 0.6) is 5.75 Å². The number of primary amides is 1. The number of hydrogen-bond acceptors (Lipinski definition) is 10. The van der Waals surface area contributed by atoms with Crippen LogP contribution in [0.15, 0.2) is 24.3 Å². The number of aromatic hydroxyl groups is 1. The second kappa shape index (κ2) is 11.5. The van der Waals surface area contributed by atoms with Gasteiger partial charge in [-0.25, -0.2) is 0 Å². The Hall–Kier alpha value is -3.74. The molecule has 0 saturated heterocycles. The number of amides is 2. The number of benzene rings is 1. The first-order chi connectivity index (χ1) is 19.7. The number of nitrogens with one attached hydrogen (secondary N) is 1. The average molecular weight is 585 g/mol. The van der Waals surface area contributed by atoms with Gasteiger partial charge in [-0.3, -0.25) is 19.2 Å². The predicted molar refractivity (Wildman–Crippen MR) is 154 cm³/mol. The van der Waals surface area contributed by atoms with Crippen molar-refractivity contribution in [2.45, 2.75) is 56.4 Å². The number of carbonyl (C=O) groups is 4. The summed E-state index contributed by atoms with van der Waals surface area (Å²) in [6, 6.07) is 0.754. The Morgan fingerprint density at radius 2 is 1.88 bits per heavy atom. The van der Waals surface area contributed by atoms with E-state index in [2.05, 4.69) is 11.9 Å². The minimum Gasteiger partial charge on any atom is -0.507 e. The van der Waals surface area contributed by atoms with Crippen molar-refractivity contribution in [3.8, 4) is 5.75 Å². The van der Waals surface area contributed by atoms with E-state index in [4.69, 9.17) is 5.73 Å². The van der Waals surface area contributed by atoms with Crippen LogP contribution in [0.4, 0.5) is 5.69 Å². The minimum atomic E-state index is -2.72. The first-order valence-electron chi connectivity index (χ1n) is 14.0. The molecule has 4 rings (SSSR count). The van der Waals surface area contributed by atoms with E-state index in [1.807, 2.05) is 0 Å². The molecule has 0 aromatic heterocycles. The van der Waals surface area contributed by atoms with Crippen LogP contribution in [-0.2, 0) is 32.1 Å². The molecule has 0 aliphatic heterocycles. The van der Waals surface area contributed by atoms with E-state index >= 15 is 0 Å². The van der Waals surface area contributed by atoms with Crippen molar-refractivity contribution in [3.63, 3.8) is 0 Å². The first kappa shape index (κ1) is 31.2. The van der Waals surface area contributed by atoms with E-state index in [0.29, 0.717) is 29.7 Å². The number of carbonyl (C=O) groups excluding carboxylic acids is 4. The summed E-state index contributed by atoms with van der Waals surface area (Å²) in [6.07, 6.45) is 1.97. The summed E-state index contributed by atoms with van der Waals surface area (Å²) >= 11 is 0. The number of likely N-dealkylation sites (N-methyl/N-ethyl adjacent to an activating group) is 1. The summed E-state index contributed by atoms with van der Waals surface area (Å²) in [4.78, 5) is 55.4. The van der Waals surface area contributed by atoms with Gasteiger partial charge in [0.1, 0.15) is 17.4 Å². The van der Waals surface area contributed by atoms with Gasteiger partial charge in [-0.1, -0.05) is 6.08 Å². The quantitative estimate of drug-likeness (QED) is 0.132. The SMILES string of the molecule is C=CCCCC(=O)NCc1cc(N(C)C)c2c(c1O)C(O)=C1C(=O)[C@@]3(O)C(=O)C(C(N)=O)C(O)[C@H](N(C)C)[C@H]3C[C@H]1C2. The number of unbranched alkanes of at least 4 members (excludes halogenated alkanes) is 1. The average Bonchev–Trinajstić information content (AvgIpc) is 2.89. The van der Waals surface area contributed by atoms with Crippen molar-refractivity contribution in [3.05, 3.63) is 41.0 Å². The van der Waals surface area contributed by atoms with E-state index < -0.39 is 58.7 Å². The number of hydrogen-bond donors (Lipinski definition) is 6. The molecule has 0 radical (unpaired) electrons. The number of nitrogens with zero attached hydrogens (tertiary/aromatic N) is 2. The molecule has 3 aliphatic carbocycles. The van der Waals surface area contributed by atoms with Gasteiger partial charge in [-0.05, 0) is 57.3 Å². The summed E-state index contributed by atoms with van der Waals surface area (Å²) in [6.45, 7) is 3.60. The van der Waals surface area contributed by atoms with Crippen LogP contribution < -0.4 is 16.0 Å². The third-order valence-corrected chi connectivity index (χ3v) is 8.91. The maximum Gasteiger partial charge on any atom is 0.230 e. The van der Waals surface area contributed by atoms with Crippen molar-refractivity contribution < 1.29 is 39.6 Å². The molecule has 0 bridgehead atoms. The number of ketones is 2. The van der Waals surface area contributed by atoms with Crippen molar-refractivity contribution in [2.75, 3.05) is 33.1 Å². The number of fused-ring (bicyclic) bond motifs is 3. The van der Waals surface area contributed by atoms with E-state index in [1.165, 1.54) is 0 Å². The summed E-state index contributed by atoms with van der Waals surface area (Å²) in [5.74, 6) is -8.15. The molecule has 42 heavy (non-hydrogen) atoms. The normalized spacial score (nSPS) is 28.6. The van der Waals surface area contributed by atoms with Crippen molar-refractivity contribution >= 4 is 34.8 Å². The van der Waals surface area contributed by atoms with Crippen LogP contribution in [0.25, 0.3) is 5.76 Å². The number of Topliss-reactive ketones (excluding diaryl/α,β-unsaturated/α-hetero) is 2. The highest BCUT2D eigenvalue weighted by Crippen LogP contribution is 2.53. The van der Waals surface area contributed by atoms with E-state index in [1.54, 1.807) is 50.1 Å². The number of phenols is 1. The van der Waals surface area contributed by atoms with Crippen LogP contribution in [0, 0.1) is 17.8 Å². The van der Waals surface area contributed by atoms with Crippen molar-refractivity contribution in [1.82, 2.24) is 10.2 Å².